The molecule has 1 atom stereocenters. The van der Waals surface area contributed by atoms with E-state index in [0.717, 1.165) is 17.1 Å². The van der Waals surface area contributed by atoms with Gasteiger partial charge >= 0.3 is 5.97 Å². The predicted octanol–water partition coefficient (Wildman–Crippen LogP) is 1.52. The second-order valence-electron chi connectivity index (χ2n) is 4.24. The van der Waals surface area contributed by atoms with Crippen molar-refractivity contribution in [1.82, 2.24) is 9.61 Å². The van der Waals surface area contributed by atoms with Gasteiger partial charge in [0.25, 0.3) is 5.91 Å². The number of amides is 1. The minimum absolute atomic E-state index is 0.248. The summed E-state index contributed by atoms with van der Waals surface area (Å²) in [4.78, 5) is 23.1. The summed E-state index contributed by atoms with van der Waals surface area (Å²) >= 11 is 3.31. The minimum Gasteiger partial charge on any atom is -0.479 e. The van der Waals surface area contributed by atoms with Gasteiger partial charge in [-0.15, -0.1) is 5.10 Å². The van der Waals surface area contributed by atoms with Gasteiger partial charge in [-0.2, -0.15) is 0 Å². The minimum atomic E-state index is -1.96. The molecule has 1 unspecified atom stereocenters. The average molecular weight is 342 g/mol. The Kier molecular flexibility index (Phi) is 3.78. The van der Waals surface area contributed by atoms with Gasteiger partial charge < -0.3 is 15.2 Å². The molecule has 7 nitrogen and oxygen atoms in total. The number of halogens is 1. The number of fused-ring (bicyclic) bond motifs is 1. The number of nitrogens with zero attached hydrogens (tertiary/aromatic N) is 2. The molecule has 20 heavy (non-hydrogen) atoms. The van der Waals surface area contributed by atoms with Crippen LogP contribution in [-0.2, 0) is 14.3 Å². The number of aromatic nitrogens is 2. The lowest BCUT2D eigenvalue weighted by atomic mass is 10.1. The van der Waals surface area contributed by atoms with Crippen LogP contribution in [-0.4, -0.2) is 39.3 Å². The zero-order chi connectivity index (χ0) is 14.9. The molecule has 0 radical (unpaired) electrons. The third-order valence-electron chi connectivity index (χ3n) is 2.91. The Morgan fingerprint density at radius 3 is 2.80 bits per heavy atom. The number of carboxylic acid groups (broad SMARTS) is 1. The van der Waals surface area contributed by atoms with Crippen LogP contribution in [0, 0.1) is 0 Å². The van der Waals surface area contributed by atoms with Gasteiger partial charge in [-0.1, -0.05) is 0 Å². The van der Waals surface area contributed by atoms with E-state index >= 15 is 0 Å². The molecule has 106 valence electrons. The lowest BCUT2D eigenvalue weighted by molar-refractivity contribution is -0.165. The number of anilines is 1. The van der Waals surface area contributed by atoms with Gasteiger partial charge in [-0.05, 0) is 35.0 Å². The molecule has 0 bridgehead atoms. The largest absolute Gasteiger partial charge is 0.479 e. The fourth-order valence-corrected chi connectivity index (χ4v) is 1.86. The molecule has 0 aromatic carbocycles. The predicted molar refractivity (Wildman–Crippen MR) is 74.6 cm³/mol. The van der Waals surface area contributed by atoms with Gasteiger partial charge in [0, 0.05) is 23.8 Å². The van der Waals surface area contributed by atoms with Gasteiger partial charge in [-0.3, -0.25) is 4.79 Å². The summed E-state index contributed by atoms with van der Waals surface area (Å²) in [7, 11) is 1.16. The molecule has 0 aliphatic carbocycles. The standard InChI is InChI=1S/C12H12BrN3O4/c1-12(20-2,11(18)19)10(17)14-9-5-8-4-3-7(13)6-16(8)15-9/h3-6H,1-2H3,(H,18,19)(H,14,15,17). The van der Waals surface area contributed by atoms with Crippen LogP contribution in [0.15, 0.2) is 28.9 Å². The van der Waals surface area contributed by atoms with Gasteiger partial charge in [0.15, 0.2) is 5.82 Å². The monoisotopic (exact) mass is 341 g/mol. The highest BCUT2D eigenvalue weighted by molar-refractivity contribution is 9.10. The van der Waals surface area contributed by atoms with Crippen molar-refractivity contribution in [3.63, 3.8) is 0 Å². The molecule has 0 fully saturated rings. The first-order chi connectivity index (χ1) is 9.36. The van der Waals surface area contributed by atoms with Crippen molar-refractivity contribution in [2.75, 3.05) is 12.4 Å². The van der Waals surface area contributed by atoms with E-state index in [1.807, 2.05) is 6.07 Å². The van der Waals surface area contributed by atoms with Crippen LogP contribution in [0.3, 0.4) is 0 Å². The van der Waals surface area contributed by atoms with Gasteiger partial charge in [0.05, 0.1) is 5.52 Å². The van der Waals surface area contributed by atoms with Gasteiger partial charge in [0.2, 0.25) is 5.60 Å². The molecule has 0 saturated carbocycles. The molecule has 2 rings (SSSR count). The van der Waals surface area contributed by atoms with Crippen molar-refractivity contribution < 1.29 is 19.4 Å². The molecule has 2 aromatic rings. The Labute approximate surface area is 122 Å². The van der Waals surface area contributed by atoms with Crippen LogP contribution in [0.1, 0.15) is 6.92 Å². The van der Waals surface area contributed by atoms with E-state index in [9.17, 15) is 9.59 Å². The Morgan fingerprint density at radius 2 is 2.20 bits per heavy atom. The van der Waals surface area contributed by atoms with Crippen molar-refractivity contribution in [1.29, 1.82) is 0 Å². The zero-order valence-electron chi connectivity index (χ0n) is 10.8. The number of ether oxygens (including phenoxy) is 1. The summed E-state index contributed by atoms with van der Waals surface area (Å²) < 4.78 is 7.16. The first-order valence-electron chi connectivity index (χ1n) is 5.62. The van der Waals surface area contributed by atoms with Crippen LogP contribution in [0.5, 0.6) is 0 Å². The lowest BCUT2D eigenvalue weighted by Crippen LogP contribution is -2.48. The van der Waals surface area contributed by atoms with Crippen molar-refractivity contribution in [3.05, 3.63) is 28.9 Å². The average Bonchev–Trinajstić information content (AvgIpc) is 2.78. The topological polar surface area (TPSA) is 92.9 Å². The number of carboxylic acids is 1. The number of nitrogens with one attached hydrogen (secondary N) is 1. The van der Waals surface area contributed by atoms with Crippen LogP contribution in [0.25, 0.3) is 5.52 Å². The maximum atomic E-state index is 12.0. The number of carbonyl (C=O) groups excluding carboxylic acids is 1. The van der Waals surface area contributed by atoms with Crippen LogP contribution in [0.4, 0.5) is 5.82 Å². The molecule has 2 N–H and O–H groups in total. The number of carbonyl (C=O) groups is 2. The molecule has 0 aliphatic heterocycles. The number of hydrogen-bond donors (Lipinski definition) is 2. The van der Waals surface area contributed by atoms with E-state index in [0.29, 0.717) is 0 Å². The number of methoxy groups -OCH3 is 1. The Morgan fingerprint density at radius 1 is 1.50 bits per heavy atom. The highest BCUT2D eigenvalue weighted by Gasteiger charge is 2.42. The van der Waals surface area contributed by atoms with E-state index in [1.165, 1.54) is 6.92 Å². The second-order valence-corrected chi connectivity index (χ2v) is 5.16. The number of aliphatic carboxylic acids is 1. The molecule has 8 heteroatoms. The fraction of sp³-hybridized carbons (Fsp3) is 0.250. The van der Waals surface area contributed by atoms with Crippen molar-refractivity contribution in [3.8, 4) is 0 Å². The third-order valence-corrected chi connectivity index (χ3v) is 3.38. The number of pyridine rings is 1. The maximum Gasteiger partial charge on any atom is 0.345 e. The number of rotatable bonds is 4. The fourth-order valence-electron chi connectivity index (χ4n) is 1.54. The van der Waals surface area contributed by atoms with Crippen molar-refractivity contribution >= 4 is 39.1 Å². The number of hydrogen-bond acceptors (Lipinski definition) is 4. The first kappa shape index (κ1) is 14.5. The first-order valence-corrected chi connectivity index (χ1v) is 6.41. The van der Waals surface area contributed by atoms with Gasteiger partial charge in [0.1, 0.15) is 0 Å². The highest BCUT2D eigenvalue weighted by atomic mass is 79.9. The third kappa shape index (κ3) is 2.52. The van der Waals surface area contributed by atoms with Crippen LogP contribution < -0.4 is 5.32 Å². The van der Waals surface area contributed by atoms with Crippen LogP contribution >= 0.6 is 15.9 Å². The smallest absolute Gasteiger partial charge is 0.345 e. The summed E-state index contributed by atoms with van der Waals surface area (Å²) in [5.74, 6) is -1.92. The molecule has 0 aliphatic rings. The van der Waals surface area contributed by atoms with E-state index < -0.39 is 17.5 Å². The van der Waals surface area contributed by atoms with Gasteiger partial charge in [-0.25, -0.2) is 9.31 Å². The molecule has 1 amide bonds. The molecule has 2 aromatic heterocycles. The molecule has 0 spiro atoms. The summed E-state index contributed by atoms with van der Waals surface area (Å²) in [5, 5.41) is 15.6. The quantitative estimate of drug-likeness (QED) is 0.822. The Bertz CT molecular complexity index is 684. The Balaban J connectivity index is 2.28. The second kappa shape index (κ2) is 5.22. The van der Waals surface area contributed by atoms with Crippen molar-refractivity contribution in [2.24, 2.45) is 0 Å². The molecule has 0 saturated heterocycles. The summed E-state index contributed by atoms with van der Waals surface area (Å²) in [6.45, 7) is 1.18. The summed E-state index contributed by atoms with van der Waals surface area (Å²) in [5.41, 5.74) is -1.20. The Hall–Kier alpha value is -1.93. The highest BCUT2D eigenvalue weighted by Crippen LogP contribution is 2.17. The van der Waals surface area contributed by atoms with E-state index in [2.05, 4.69) is 26.3 Å². The molecular weight excluding hydrogens is 330 g/mol. The summed E-state index contributed by atoms with van der Waals surface area (Å²) in [6, 6.07) is 5.26. The molecule has 2 heterocycles. The lowest BCUT2D eigenvalue weighted by Gasteiger charge is -2.20. The normalized spacial score (nSPS) is 13.9. The summed E-state index contributed by atoms with van der Waals surface area (Å²) in [6.07, 6.45) is 1.72. The maximum absolute atomic E-state index is 12.0. The van der Waals surface area contributed by atoms with E-state index in [-0.39, 0.29) is 5.82 Å². The SMILES string of the molecule is COC(C)(C(=O)O)C(=O)Nc1cc2ccc(Br)cn2n1. The van der Waals surface area contributed by atoms with E-state index in [4.69, 9.17) is 9.84 Å². The molecular formula is C12H12BrN3O4. The van der Waals surface area contributed by atoms with Crippen molar-refractivity contribution in [2.45, 2.75) is 12.5 Å². The zero-order valence-corrected chi connectivity index (χ0v) is 12.3. The van der Waals surface area contributed by atoms with E-state index in [1.54, 1.807) is 22.8 Å². The van der Waals surface area contributed by atoms with Crippen LogP contribution in [0.2, 0.25) is 0 Å².